The lowest BCUT2D eigenvalue weighted by molar-refractivity contribution is -0.133. The summed E-state index contributed by atoms with van der Waals surface area (Å²) >= 11 is 0. The summed E-state index contributed by atoms with van der Waals surface area (Å²) in [6.45, 7) is 11.4. The second kappa shape index (κ2) is 6.56. The van der Waals surface area contributed by atoms with Crippen molar-refractivity contribution < 1.29 is 9.90 Å². The Morgan fingerprint density at radius 1 is 1.44 bits per heavy atom. The second-order valence-corrected chi connectivity index (χ2v) is 5.59. The molecule has 0 aromatic rings. The quantitative estimate of drug-likeness (QED) is 0.686. The van der Waals surface area contributed by atoms with E-state index in [9.17, 15) is 4.79 Å². The van der Waals surface area contributed by atoms with Crippen LogP contribution in [0.5, 0.6) is 0 Å². The molecule has 0 aliphatic carbocycles. The summed E-state index contributed by atoms with van der Waals surface area (Å²) in [6, 6.07) is 0. The van der Waals surface area contributed by atoms with Gasteiger partial charge in [0.05, 0.1) is 0 Å². The van der Waals surface area contributed by atoms with Crippen molar-refractivity contribution in [1.82, 2.24) is 5.32 Å². The van der Waals surface area contributed by atoms with Crippen LogP contribution in [0.4, 0.5) is 0 Å². The van der Waals surface area contributed by atoms with Crippen LogP contribution >= 0.6 is 0 Å². The van der Waals surface area contributed by atoms with E-state index in [1.54, 1.807) is 13.0 Å². The smallest absolute Gasteiger partial charge is 0.351 e. The standard InChI is InChI=1S/C13H25NO2/c1-6-11(12(15)16)14-8-7-10(2)9-13(3,4)5/h6,10,14H,7-9H2,1-5H3,(H,15,16)/b11-6-. The van der Waals surface area contributed by atoms with E-state index in [-0.39, 0.29) is 0 Å². The molecule has 0 aromatic heterocycles. The highest BCUT2D eigenvalue weighted by molar-refractivity contribution is 5.85. The molecule has 0 heterocycles. The van der Waals surface area contributed by atoms with Crippen LogP contribution in [-0.4, -0.2) is 17.6 Å². The molecule has 2 N–H and O–H groups in total. The molecule has 0 radical (unpaired) electrons. The fourth-order valence-electron chi connectivity index (χ4n) is 1.90. The first kappa shape index (κ1) is 15.0. The van der Waals surface area contributed by atoms with Gasteiger partial charge in [0.15, 0.2) is 0 Å². The molecule has 0 saturated heterocycles. The van der Waals surface area contributed by atoms with Crippen molar-refractivity contribution in [2.24, 2.45) is 11.3 Å². The maximum atomic E-state index is 10.7. The first-order valence-electron chi connectivity index (χ1n) is 5.89. The van der Waals surface area contributed by atoms with E-state index in [1.807, 2.05) is 0 Å². The molecule has 94 valence electrons. The highest BCUT2D eigenvalue weighted by Crippen LogP contribution is 2.25. The van der Waals surface area contributed by atoms with E-state index in [2.05, 4.69) is 33.0 Å². The predicted octanol–water partition coefficient (Wildman–Crippen LogP) is 3.03. The van der Waals surface area contributed by atoms with Crippen LogP contribution < -0.4 is 5.32 Å². The number of hydrogen-bond donors (Lipinski definition) is 2. The number of rotatable bonds is 6. The molecule has 0 amide bonds. The van der Waals surface area contributed by atoms with E-state index < -0.39 is 5.97 Å². The SMILES string of the molecule is C/C=C(\NCCC(C)CC(C)(C)C)C(=O)O. The van der Waals surface area contributed by atoms with Crippen molar-refractivity contribution in [3.8, 4) is 0 Å². The summed E-state index contributed by atoms with van der Waals surface area (Å²) in [6.07, 6.45) is 3.76. The molecule has 3 heteroatoms. The minimum Gasteiger partial charge on any atom is -0.477 e. The minimum absolute atomic E-state index is 0.294. The van der Waals surface area contributed by atoms with E-state index in [1.165, 1.54) is 0 Å². The Bertz CT molecular complexity index is 251. The van der Waals surface area contributed by atoms with Crippen LogP contribution in [0.15, 0.2) is 11.8 Å². The number of carbonyl (C=O) groups is 1. The van der Waals surface area contributed by atoms with Crippen LogP contribution in [-0.2, 0) is 4.79 Å². The molecule has 0 aliphatic heterocycles. The Morgan fingerprint density at radius 3 is 2.38 bits per heavy atom. The van der Waals surface area contributed by atoms with Gasteiger partial charge < -0.3 is 10.4 Å². The Balaban J connectivity index is 3.86. The van der Waals surface area contributed by atoms with Crippen molar-refractivity contribution in [1.29, 1.82) is 0 Å². The number of carboxylic acids is 1. The van der Waals surface area contributed by atoms with Gasteiger partial charge in [0.25, 0.3) is 0 Å². The fraction of sp³-hybridized carbons (Fsp3) is 0.769. The first-order chi connectivity index (χ1) is 7.26. The van der Waals surface area contributed by atoms with Gasteiger partial charge in [0, 0.05) is 6.54 Å². The first-order valence-corrected chi connectivity index (χ1v) is 5.89. The average Bonchev–Trinajstić information content (AvgIpc) is 2.08. The van der Waals surface area contributed by atoms with Gasteiger partial charge in [-0.2, -0.15) is 0 Å². The third-order valence-electron chi connectivity index (χ3n) is 2.43. The molecular formula is C13H25NO2. The molecule has 0 aromatic carbocycles. The average molecular weight is 227 g/mol. The van der Waals surface area contributed by atoms with E-state index in [0.717, 1.165) is 19.4 Å². The summed E-state index contributed by atoms with van der Waals surface area (Å²) in [5, 5.41) is 11.7. The van der Waals surface area contributed by atoms with Gasteiger partial charge >= 0.3 is 5.97 Å². The van der Waals surface area contributed by atoms with Crippen LogP contribution in [0.2, 0.25) is 0 Å². The Labute approximate surface area is 98.9 Å². The summed E-state index contributed by atoms with van der Waals surface area (Å²) < 4.78 is 0. The number of nitrogens with one attached hydrogen (secondary N) is 1. The van der Waals surface area contributed by atoms with Gasteiger partial charge in [-0.3, -0.25) is 0 Å². The van der Waals surface area contributed by atoms with E-state index in [4.69, 9.17) is 5.11 Å². The van der Waals surface area contributed by atoms with Gasteiger partial charge in [0.1, 0.15) is 5.70 Å². The monoisotopic (exact) mass is 227 g/mol. The normalized spacial score (nSPS) is 14.7. The lowest BCUT2D eigenvalue weighted by atomic mass is 9.84. The van der Waals surface area contributed by atoms with Crippen LogP contribution in [0.1, 0.15) is 47.5 Å². The summed E-state index contributed by atoms with van der Waals surface area (Å²) in [5.41, 5.74) is 0.637. The Morgan fingerprint density at radius 2 is 2.00 bits per heavy atom. The minimum atomic E-state index is -0.883. The lowest BCUT2D eigenvalue weighted by Gasteiger charge is -2.23. The molecule has 0 bridgehead atoms. The van der Waals surface area contributed by atoms with Crippen LogP contribution in [0.25, 0.3) is 0 Å². The molecular weight excluding hydrogens is 202 g/mol. The zero-order chi connectivity index (χ0) is 12.8. The molecule has 1 unspecified atom stereocenters. The van der Waals surface area contributed by atoms with Crippen LogP contribution in [0.3, 0.4) is 0 Å². The van der Waals surface area contributed by atoms with Crippen molar-refractivity contribution in [2.75, 3.05) is 6.54 Å². The van der Waals surface area contributed by atoms with Gasteiger partial charge in [-0.15, -0.1) is 0 Å². The topological polar surface area (TPSA) is 49.3 Å². The predicted molar refractivity (Wildman–Crippen MR) is 67.2 cm³/mol. The van der Waals surface area contributed by atoms with Crippen LogP contribution in [0, 0.1) is 11.3 Å². The summed E-state index contributed by atoms with van der Waals surface area (Å²) in [5.74, 6) is -0.273. The molecule has 0 aliphatic rings. The highest BCUT2D eigenvalue weighted by Gasteiger charge is 2.15. The number of hydrogen-bond acceptors (Lipinski definition) is 2. The maximum Gasteiger partial charge on any atom is 0.351 e. The largest absolute Gasteiger partial charge is 0.477 e. The van der Waals surface area contributed by atoms with E-state index in [0.29, 0.717) is 17.0 Å². The second-order valence-electron chi connectivity index (χ2n) is 5.59. The maximum absolute atomic E-state index is 10.7. The Kier molecular flexibility index (Phi) is 6.16. The van der Waals surface area contributed by atoms with Crippen molar-refractivity contribution in [3.05, 3.63) is 11.8 Å². The molecule has 3 nitrogen and oxygen atoms in total. The fourth-order valence-corrected chi connectivity index (χ4v) is 1.90. The van der Waals surface area contributed by atoms with Crippen molar-refractivity contribution in [3.63, 3.8) is 0 Å². The Hall–Kier alpha value is -0.990. The number of allylic oxidation sites excluding steroid dienone is 1. The van der Waals surface area contributed by atoms with Gasteiger partial charge in [0.2, 0.25) is 0 Å². The number of carboxylic acid groups (broad SMARTS) is 1. The van der Waals surface area contributed by atoms with Gasteiger partial charge in [-0.25, -0.2) is 4.79 Å². The number of aliphatic carboxylic acids is 1. The van der Waals surface area contributed by atoms with Crippen molar-refractivity contribution in [2.45, 2.75) is 47.5 Å². The third-order valence-corrected chi connectivity index (χ3v) is 2.43. The van der Waals surface area contributed by atoms with Gasteiger partial charge in [-0.1, -0.05) is 33.8 Å². The molecule has 0 spiro atoms. The highest BCUT2D eigenvalue weighted by atomic mass is 16.4. The summed E-state index contributed by atoms with van der Waals surface area (Å²) in [7, 11) is 0. The zero-order valence-electron chi connectivity index (χ0n) is 11.1. The van der Waals surface area contributed by atoms with E-state index >= 15 is 0 Å². The zero-order valence-corrected chi connectivity index (χ0v) is 11.1. The lowest BCUT2D eigenvalue weighted by Crippen LogP contribution is -2.23. The molecule has 1 atom stereocenters. The molecule has 16 heavy (non-hydrogen) atoms. The molecule has 0 rings (SSSR count). The molecule has 0 saturated carbocycles. The van der Waals surface area contributed by atoms with Crippen molar-refractivity contribution >= 4 is 5.97 Å². The molecule has 0 fully saturated rings. The third kappa shape index (κ3) is 7.32. The summed E-state index contributed by atoms with van der Waals surface area (Å²) in [4.78, 5) is 10.7. The van der Waals surface area contributed by atoms with Gasteiger partial charge in [-0.05, 0) is 31.1 Å².